The van der Waals surface area contributed by atoms with Crippen LogP contribution >= 0.6 is 15.9 Å². The Morgan fingerprint density at radius 1 is 1.69 bits per heavy atom. The molecule has 3 N–H and O–H groups in total. The predicted molar refractivity (Wildman–Crippen MR) is 64.5 cm³/mol. The second-order valence-corrected chi connectivity index (χ2v) is 4.92. The van der Waals surface area contributed by atoms with Crippen LogP contribution in [-0.4, -0.2) is 18.6 Å². The van der Waals surface area contributed by atoms with Crippen molar-refractivity contribution in [2.24, 2.45) is 5.73 Å². The Morgan fingerprint density at radius 2 is 2.38 bits per heavy atom. The van der Waals surface area contributed by atoms with Crippen LogP contribution in [0, 0.1) is 0 Å². The van der Waals surface area contributed by atoms with Gasteiger partial charge < -0.3 is 15.8 Å². The molecule has 0 aromatic rings. The van der Waals surface area contributed by atoms with Crippen molar-refractivity contribution in [3.63, 3.8) is 0 Å². The summed E-state index contributed by atoms with van der Waals surface area (Å²) in [5.41, 5.74) is 7.51. The lowest BCUT2D eigenvalue weighted by molar-refractivity contribution is -0.116. The average molecular weight is 285 g/mol. The van der Waals surface area contributed by atoms with E-state index in [9.17, 15) is 4.79 Å². The molecule has 0 saturated heterocycles. The van der Waals surface area contributed by atoms with Crippen molar-refractivity contribution >= 4 is 21.8 Å². The van der Waals surface area contributed by atoms with Crippen molar-refractivity contribution < 1.29 is 9.53 Å². The fourth-order valence-electron chi connectivity index (χ4n) is 1.95. The molecule has 0 spiro atoms. The van der Waals surface area contributed by atoms with E-state index in [0.717, 1.165) is 15.8 Å². The summed E-state index contributed by atoms with van der Waals surface area (Å²) in [7, 11) is 1.60. The van der Waals surface area contributed by atoms with E-state index in [1.807, 2.05) is 13.0 Å². The number of likely N-dealkylation sites (N-methyl/N-ethyl adjacent to an activating group) is 1. The summed E-state index contributed by atoms with van der Waals surface area (Å²) in [5, 5.41) is 2.59. The summed E-state index contributed by atoms with van der Waals surface area (Å²) < 4.78 is 6.39. The summed E-state index contributed by atoms with van der Waals surface area (Å²) in [6.07, 6.45) is 3.94. The molecule has 1 atom stereocenters. The van der Waals surface area contributed by atoms with Gasteiger partial charge in [0.1, 0.15) is 5.60 Å². The molecule has 1 unspecified atom stereocenters. The third-order valence-electron chi connectivity index (χ3n) is 2.87. The molecule has 16 heavy (non-hydrogen) atoms. The Bertz CT molecular complexity index is 451. The molecule has 2 aliphatic rings. The Hall–Kier alpha value is -1.23. The second-order valence-electron chi connectivity index (χ2n) is 4.07. The van der Waals surface area contributed by atoms with Crippen LogP contribution in [0.15, 0.2) is 33.7 Å². The lowest BCUT2D eigenvalue weighted by Crippen LogP contribution is -2.33. The van der Waals surface area contributed by atoms with Gasteiger partial charge in [-0.05, 0) is 28.9 Å². The van der Waals surface area contributed by atoms with E-state index in [2.05, 4.69) is 21.2 Å². The zero-order valence-corrected chi connectivity index (χ0v) is 10.7. The van der Waals surface area contributed by atoms with E-state index in [0.29, 0.717) is 12.0 Å². The first-order valence-electron chi connectivity index (χ1n) is 4.94. The summed E-state index contributed by atoms with van der Waals surface area (Å²) in [4.78, 5) is 11.6. The van der Waals surface area contributed by atoms with Crippen LogP contribution in [0.2, 0.25) is 0 Å². The molecule has 0 aromatic carbocycles. The minimum absolute atomic E-state index is 0.143. The van der Waals surface area contributed by atoms with Gasteiger partial charge in [0.05, 0.1) is 11.8 Å². The van der Waals surface area contributed by atoms with E-state index in [1.54, 1.807) is 7.05 Å². The number of hydrogen-bond donors (Lipinski definition) is 2. The van der Waals surface area contributed by atoms with Gasteiger partial charge in [0.15, 0.2) is 0 Å². The maximum atomic E-state index is 11.6. The number of nitrogens with two attached hydrogens (primary N) is 1. The van der Waals surface area contributed by atoms with Gasteiger partial charge in [0.2, 0.25) is 0 Å². The normalized spacial score (nSPS) is 27.9. The number of carbonyl (C=O) groups excluding carboxylic acids is 1. The molecule has 0 radical (unpaired) electrons. The molecule has 0 saturated carbocycles. The number of allylic oxidation sites excluding steroid dienone is 2. The standard InChI is InChI=1S/C11H13BrN2O2/c1-11-4-9(13)8(12)3-7(11)6(5-16-11)10(15)14-2/h3,5H,4,13H2,1-2H3,(H,14,15). The number of hydrogen-bond acceptors (Lipinski definition) is 3. The minimum atomic E-state index is -0.511. The molecule has 1 aliphatic heterocycles. The highest BCUT2D eigenvalue weighted by atomic mass is 79.9. The van der Waals surface area contributed by atoms with Crippen LogP contribution in [0.5, 0.6) is 0 Å². The van der Waals surface area contributed by atoms with Gasteiger partial charge in [-0.2, -0.15) is 0 Å². The first-order valence-corrected chi connectivity index (χ1v) is 5.74. The monoisotopic (exact) mass is 284 g/mol. The summed E-state index contributed by atoms with van der Waals surface area (Å²) in [5.74, 6) is -0.143. The van der Waals surface area contributed by atoms with Crippen LogP contribution in [-0.2, 0) is 9.53 Å². The minimum Gasteiger partial charge on any atom is -0.489 e. The third kappa shape index (κ3) is 1.55. The Balaban J connectivity index is 2.43. The lowest BCUT2D eigenvalue weighted by atomic mass is 9.84. The van der Waals surface area contributed by atoms with Gasteiger partial charge in [0, 0.05) is 29.2 Å². The molecule has 2 rings (SSSR count). The van der Waals surface area contributed by atoms with Crippen LogP contribution in [0.4, 0.5) is 0 Å². The number of carbonyl (C=O) groups is 1. The quantitative estimate of drug-likeness (QED) is 0.763. The topological polar surface area (TPSA) is 64.3 Å². The molecule has 4 nitrogen and oxygen atoms in total. The van der Waals surface area contributed by atoms with Crippen LogP contribution < -0.4 is 11.1 Å². The highest BCUT2D eigenvalue weighted by Gasteiger charge is 2.42. The summed E-state index contributed by atoms with van der Waals surface area (Å²) in [6, 6.07) is 0. The van der Waals surface area contributed by atoms with E-state index >= 15 is 0 Å². The van der Waals surface area contributed by atoms with Gasteiger partial charge >= 0.3 is 0 Å². The molecule has 86 valence electrons. The maximum absolute atomic E-state index is 11.6. The molecule has 1 aliphatic carbocycles. The number of nitrogens with one attached hydrogen (secondary N) is 1. The molecule has 5 heteroatoms. The van der Waals surface area contributed by atoms with Crippen molar-refractivity contribution in [1.82, 2.24) is 5.32 Å². The SMILES string of the molecule is CNC(=O)C1=COC2(C)CC(N)=C(Br)C=C12. The van der Waals surface area contributed by atoms with E-state index in [1.165, 1.54) is 6.26 Å². The van der Waals surface area contributed by atoms with Gasteiger partial charge in [0.25, 0.3) is 5.91 Å². The maximum Gasteiger partial charge on any atom is 0.254 e. The van der Waals surface area contributed by atoms with Crippen molar-refractivity contribution in [3.05, 3.63) is 33.7 Å². The van der Waals surface area contributed by atoms with Crippen LogP contribution in [0.25, 0.3) is 0 Å². The van der Waals surface area contributed by atoms with Crippen molar-refractivity contribution in [3.8, 4) is 0 Å². The molecule has 1 amide bonds. The van der Waals surface area contributed by atoms with Crippen molar-refractivity contribution in [1.29, 1.82) is 0 Å². The first kappa shape index (κ1) is 11.3. The van der Waals surface area contributed by atoms with Gasteiger partial charge in [-0.1, -0.05) is 0 Å². The number of halogens is 1. The fourth-order valence-corrected chi connectivity index (χ4v) is 2.32. The average Bonchev–Trinajstić information content (AvgIpc) is 2.55. The van der Waals surface area contributed by atoms with Crippen LogP contribution in [0.3, 0.4) is 0 Å². The van der Waals surface area contributed by atoms with E-state index in [-0.39, 0.29) is 5.91 Å². The molecular formula is C11H13BrN2O2. The number of amides is 1. The summed E-state index contributed by atoms with van der Waals surface area (Å²) >= 11 is 3.38. The largest absolute Gasteiger partial charge is 0.489 e. The van der Waals surface area contributed by atoms with Gasteiger partial charge in [-0.3, -0.25) is 4.79 Å². The van der Waals surface area contributed by atoms with Gasteiger partial charge in [-0.15, -0.1) is 0 Å². The van der Waals surface area contributed by atoms with E-state index < -0.39 is 5.60 Å². The van der Waals surface area contributed by atoms with Gasteiger partial charge in [-0.25, -0.2) is 0 Å². The van der Waals surface area contributed by atoms with E-state index in [4.69, 9.17) is 10.5 Å². The zero-order chi connectivity index (χ0) is 11.9. The second kappa shape index (κ2) is 3.66. The lowest BCUT2D eigenvalue weighted by Gasteiger charge is -2.30. The molecule has 0 bridgehead atoms. The molecule has 0 fully saturated rings. The fraction of sp³-hybridized carbons (Fsp3) is 0.364. The van der Waals surface area contributed by atoms with Crippen molar-refractivity contribution in [2.75, 3.05) is 7.05 Å². The highest BCUT2D eigenvalue weighted by Crippen LogP contribution is 2.43. The Labute approximate surface area is 102 Å². The Kier molecular flexibility index (Phi) is 2.58. The number of rotatable bonds is 1. The zero-order valence-electron chi connectivity index (χ0n) is 9.13. The molecular weight excluding hydrogens is 272 g/mol. The highest BCUT2D eigenvalue weighted by molar-refractivity contribution is 9.11. The number of ether oxygens (including phenoxy) is 1. The predicted octanol–water partition coefficient (Wildman–Crippen LogP) is 1.30. The third-order valence-corrected chi connectivity index (χ3v) is 3.61. The van der Waals surface area contributed by atoms with Crippen LogP contribution in [0.1, 0.15) is 13.3 Å². The molecule has 0 aromatic heterocycles. The molecule has 1 heterocycles. The summed E-state index contributed by atoms with van der Waals surface area (Å²) in [6.45, 7) is 1.93. The van der Waals surface area contributed by atoms with Crippen molar-refractivity contribution in [2.45, 2.75) is 18.9 Å². The first-order chi connectivity index (χ1) is 7.48. The smallest absolute Gasteiger partial charge is 0.254 e. The Morgan fingerprint density at radius 3 is 3.00 bits per heavy atom. The number of fused-ring (bicyclic) bond motifs is 1.